The molecule has 0 saturated carbocycles. The third-order valence-electron chi connectivity index (χ3n) is 2.52. The molecular weight excluding hydrogens is 204 g/mol. The Morgan fingerprint density at radius 3 is 3.00 bits per heavy atom. The molecule has 0 radical (unpaired) electrons. The molecule has 4 heteroatoms. The molecule has 1 aromatic carbocycles. The van der Waals surface area contributed by atoms with Crippen molar-refractivity contribution in [3.8, 4) is 0 Å². The summed E-state index contributed by atoms with van der Waals surface area (Å²) < 4.78 is 5.65. The van der Waals surface area contributed by atoms with E-state index < -0.39 is 0 Å². The highest BCUT2D eigenvalue weighted by Crippen LogP contribution is 2.18. The van der Waals surface area contributed by atoms with Crippen molar-refractivity contribution in [2.45, 2.75) is 0 Å². The van der Waals surface area contributed by atoms with Crippen LogP contribution in [0.1, 0.15) is 0 Å². The van der Waals surface area contributed by atoms with Gasteiger partial charge in [-0.3, -0.25) is 9.80 Å². The average Bonchev–Trinajstić information content (AvgIpc) is 2.82. The maximum absolute atomic E-state index is 11.8. The molecule has 1 N–H and O–H groups in total. The molecule has 1 aliphatic rings. The number of nitrogens with one attached hydrogen (secondary N) is 1. The topological polar surface area (TPSA) is 45.5 Å². The van der Waals surface area contributed by atoms with E-state index in [0.29, 0.717) is 23.4 Å². The van der Waals surface area contributed by atoms with E-state index in [2.05, 4.69) is 5.43 Å². The Labute approximate surface area is 91.8 Å². The van der Waals surface area contributed by atoms with E-state index in [-0.39, 0.29) is 5.43 Å². The van der Waals surface area contributed by atoms with Gasteiger partial charge in [-0.25, -0.2) is 0 Å². The number of nitrogens with zero attached hydrogens (tertiary/aromatic N) is 1. The Morgan fingerprint density at radius 2 is 2.19 bits per heavy atom. The monoisotopic (exact) mass is 214 g/mol. The zero-order valence-electron chi connectivity index (χ0n) is 8.51. The van der Waals surface area contributed by atoms with Crippen LogP contribution in [0.3, 0.4) is 0 Å². The smallest absolute Gasteiger partial charge is 0.218 e. The lowest BCUT2D eigenvalue weighted by Crippen LogP contribution is -2.30. The summed E-state index contributed by atoms with van der Waals surface area (Å²) in [5, 5.41) is 2.38. The third kappa shape index (κ3) is 1.35. The Morgan fingerprint density at radius 1 is 1.31 bits per heavy atom. The van der Waals surface area contributed by atoms with Crippen LogP contribution in [0.15, 0.2) is 51.8 Å². The second kappa shape index (κ2) is 3.41. The van der Waals surface area contributed by atoms with Gasteiger partial charge in [0.25, 0.3) is 0 Å². The molecule has 1 aromatic heterocycles. The van der Waals surface area contributed by atoms with Crippen molar-refractivity contribution in [2.24, 2.45) is 0 Å². The van der Waals surface area contributed by atoms with Crippen molar-refractivity contribution in [3.05, 3.63) is 52.8 Å². The Hall–Kier alpha value is -2.23. The van der Waals surface area contributed by atoms with Crippen LogP contribution < -0.4 is 15.9 Å². The largest absolute Gasteiger partial charge is 0.438 e. The maximum atomic E-state index is 11.8. The molecule has 0 amide bonds. The van der Waals surface area contributed by atoms with Crippen LogP contribution >= 0.6 is 0 Å². The standard InChI is InChI=1S/C12H10N2O2/c15-10-8-12(14-7-3-6-13-14)16-11-5-2-1-4-9(10)11/h1-6,8,13H,7H2. The second-order valence-corrected chi connectivity index (χ2v) is 3.59. The Balaban J connectivity index is 2.17. The van der Waals surface area contributed by atoms with Gasteiger partial charge in [-0.1, -0.05) is 12.1 Å². The van der Waals surface area contributed by atoms with Gasteiger partial charge in [-0.15, -0.1) is 0 Å². The van der Waals surface area contributed by atoms with Gasteiger partial charge in [-0.05, 0) is 18.2 Å². The first-order valence-electron chi connectivity index (χ1n) is 5.06. The minimum absolute atomic E-state index is 0.0226. The minimum atomic E-state index is -0.0226. The molecule has 1 aliphatic heterocycles. The highest BCUT2D eigenvalue weighted by atomic mass is 16.4. The normalized spacial score (nSPS) is 14.4. The van der Waals surface area contributed by atoms with Gasteiger partial charge in [0, 0.05) is 12.3 Å². The molecule has 3 rings (SSSR count). The average molecular weight is 214 g/mol. The third-order valence-corrected chi connectivity index (χ3v) is 2.52. The minimum Gasteiger partial charge on any atom is -0.438 e. The zero-order chi connectivity index (χ0) is 11.0. The first kappa shape index (κ1) is 9.03. The predicted molar refractivity (Wildman–Crippen MR) is 62.1 cm³/mol. The lowest BCUT2D eigenvalue weighted by molar-refractivity contribution is 0.570. The summed E-state index contributed by atoms with van der Waals surface area (Å²) in [6.45, 7) is 0.696. The van der Waals surface area contributed by atoms with Gasteiger partial charge in [0.1, 0.15) is 5.58 Å². The Bertz CT molecular complexity index is 608. The number of fused-ring (bicyclic) bond motifs is 1. The summed E-state index contributed by atoms with van der Waals surface area (Å²) in [7, 11) is 0. The van der Waals surface area contributed by atoms with Gasteiger partial charge in [0.15, 0.2) is 5.43 Å². The fourth-order valence-corrected chi connectivity index (χ4v) is 1.73. The molecule has 0 aliphatic carbocycles. The van der Waals surface area contributed by atoms with Crippen LogP contribution in [0.4, 0.5) is 5.88 Å². The van der Waals surface area contributed by atoms with Crippen LogP contribution in [-0.4, -0.2) is 6.54 Å². The van der Waals surface area contributed by atoms with Crippen molar-refractivity contribution in [1.82, 2.24) is 5.43 Å². The lowest BCUT2D eigenvalue weighted by Gasteiger charge is -2.16. The molecule has 16 heavy (non-hydrogen) atoms. The van der Waals surface area contributed by atoms with Crippen LogP contribution in [0.25, 0.3) is 11.0 Å². The summed E-state index contributed by atoms with van der Waals surface area (Å²) in [6.07, 6.45) is 3.77. The van der Waals surface area contributed by atoms with Crippen molar-refractivity contribution in [2.75, 3.05) is 11.6 Å². The van der Waals surface area contributed by atoms with E-state index in [1.807, 2.05) is 24.4 Å². The maximum Gasteiger partial charge on any atom is 0.218 e. The fraction of sp³-hybridized carbons (Fsp3) is 0.0833. The first-order chi connectivity index (χ1) is 7.84. The molecule has 4 nitrogen and oxygen atoms in total. The fourth-order valence-electron chi connectivity index (χ4n) is 1.73. The van der Waals surface area contributed by atoms with E-state index in [0.717, 1.165) is 0 Å². The summed E-state index contributed by atoms with van der Waals surface area (Å²) in [6, 6.07) is 8.74. The van der Waals surface area contributed by atoms with Crippen molar-refractivity contribution in [3.63, 3.8) is 0 Å². The van der Waals surface area contributed by atoms with Gasteiger partial charge >= 0.3 is 0 Å². The van der Waals surface area contributed by atoms with Crippen LogP contribution in [0, 0.1) is 0 Å². The second-order valence-electron chi connectivity index (χ2n) is 3.59. The SMILES string of the molecule is O=c1cc(N2CC=CN2)oc2ccccc12. The molecule has 2 heterocycles. The molecule has 0 fully saturated rings. The number of hydrogen-bond donors (Lipinski definition) is 1. The molecule has 0 spiro atoms. The van der Waals surface area contributed by atoms with E-state index in [1.54, 1.807) is 17.1 Å². The van der Waals surface area contributed by atoms with Gasteiger partial charge < -0.3 is 9.84 Å². The number of hydrazine groups is 1. The van der Waals surface area contributed by atoms with Gasteiger partial charge in [0.05, 0.1) is 11.9 Å². The van der Waals surface area contributed by atoms with E-state index in [9.17, 15) is 4.79 Å². The number of hydrogen-bond acceptors (Lipinski definition) is 4. The van der Waals surface area contributed by atoms with Crippen LogP contribution in [0.2, 0.25) is 0 Å². The first-order valence-corrected chi connectivity index (χ1v) is 5.06. The van der Waals surface area contributed by atoms with E-state index in [4.69, 9.17) is 4.42 Å². The number of benzene rings is 1. The quantitative estimate of drug-likeness (QED) is 0.783. The lowest BCUT2D eigenvalue weighted by atomic mass is 10.2. The predicted octanol–water partition coefficient (Wildman–Crippen LogP) is 1.63. The molecule has 2 aromatic rings. The summed E-state index contributed by atoms with van der Waals surface area (Å²) in [5.74, 6) is 0.536. The molecule has 0 bridgehead atoms. The molecular formula is C12H10N2O2. The van der Waals surface area contributed by atoms with E-state index in [1.165, 1.54) is 6.07 Å². The highest BCUT2D eigenvalue weighted by molar-refractivity contribution is 5.77. The van der Waals surface area contributed by atoms with Crippen molar-refractivity contribution >= 4 is 16.9 Å². The van der Waals surface area contributed by atoms with Gasteiger partial charge in [0.2, 0.25) is 5.88 Å². The number of para-hydroxylation sites is 1. The molecule has 80 valence electrons. The molecule has 0 saturated heterocycles. The van der Waals surface area contributed by atoms with Crippen molar-refractivity contribution < 1.29 is 4.42 Å². The number of rotatable bonds is 1. The number of anilines is 1. The molecule has 0 unspecified atom stereocenters. The summed E-state index contributed by atoms with van der Waals surface area (Å²) >= 11 is 0. The van der Waals surface area contributed by atoms with Crippen molar-refractivity contribution in [1.29, 1.82) is 0 Å². The summed E-state index contributed by atoms with van der Waals surface area (Å²) in [4.78, 5) is 11.8. The van der Waals surface area contributed by atoms with Crippen LogP contribution in [-0.2, 0) is 0 Å². The van der Waals surface area contributed by atoms with E-state index >= 15 is 0 Å². The zero-order valence-corrected chi connectivity index (χ0v) is 8.51. The highest BCUT2D eigenvalue weighted by Gasteiger charge is 2.12. The Kier molecular flexibility index (Phi) is 1.93. The van der Waals surface area contributed by atoms with Gasteiger partial charge in [-0.2, -0.15) is 0 Å². The summed E-state index contributed by atoms with van der Waals surface area (Å²) in [5.41, 5.74) is 3.57. The van der Waals surface area contributed by atoms with Crippen LogP contribution in [0.5, 0.6) is 0 Å². The molecule has 0 atom stereocenters.